The van der Waals surface area contributed by atoms with Gasteiger partial charge < -0.3 is 15.5 Å². The molecule has 1 saturated heterocycles. The Bertz CT molecular complexity index is 551. The monoisotopic (exact) mass is 394 g/mol. The minimum absolute atomic E-state index is 0.143. The van der Waals surface area contributed by atoms with Crippen molar-refractivity contribution in [3.8, 4) is 0 Å². The summed E-state index contributed by atoms with van der Waals surface area (Å²) in [6.45, 7) is 5.53. The molecule has 1 amide bonds. The lowest BCUT2D eigenvalue weighted by atomic mass is 9.93. The van der Waals surface area contributed by atoms with Crippen LogP contribution in [0.1, 0.15) is 31.7 Å². The number of hydrogen-bond donors (Lipinski definition) is 2. The standard InChI is InChI=1S/C18H27BrN4O/c1-3-21-18(22-13-15-4-6-16(19)7-5-15)23-10-8-14(9-11-23)12-17(24)20-2/h4-7,14H,3,8-13H2,1-2H3,(H,20,24)(H,21,22). The molecule has 2 N–H and O–H groups in total. The number of aliphatic imine (C=N–C) groups is 1. The molecule has 1 heterocycles. The average Bonchev–Trinajstić information content (AvgIpc) is 2.60. The van der Waals surface area contributed by atoms with Crippen molar-refractivity contribution in [1.29, 1.82) is 0 Å². The SMILES string of the molecule is CCNC(=NCc1ccc(Br)cc1)N1CCC(CC(=O)NC)CC1. The van der Waals surface area contributed by atoms with Gasteiger partial charge >= 0.3 is 0 Å². The number of guanidine groups is 1. The molecule has 0 radical (unpaired) electrons. The number of nitrogens with zero attached hydrogens (tertiary/aromatic N) is 2. The van der Waals surface area contributed by atoms with E-state index >= 15 is 0 Å². The lowest BCUT2D eigenvalue weighted by Gasteiger charge is -2.34. The molecule has 0 saturated carbocycles. The van der Waals surface area contributed by atoms with Gasteiger partial charge in [0, 0.05) is 37.6 Å². The second kappa shape index (κ2) is 9.67. The average molecular weight is 395 g/mol. The van der Waals surface area contributed by atoms with Gasteiger partial charge in [0.15, 0.2) is 5.96 Å². The van der Waals surface area contributed by atoms with Gasteiger partial charge in [0.1, 0.15) is 0 Å². The number of carbonyl (C=O) groups excluding carboxylic acids is 1. The topological polar surface area (TPSA) is 56.7 Å². The van der Waals surface area contributed by atoms with Crippen LogP contribution < -0.4 is 10.6 Å². The molecule has 1 aromatic rings. The van der Waals surface area contributed by atoms with Gasteiger partial charge in [-0.05, 0) is 43.4 Å². The van der Waals surface area contributed by atoms with Crippen LogP contribution in [0, 0.1) is 5.92 Å². The molecule has 2 rings (SSSR count). The number of rotatable bonds is 5. The van der Waals surface area contributed by atoms with E-state index in [9.17, 15) is 4.79 Å². The van der Waals surface area contributed by atoms with Crippen LogP contribution in [0.5, 0.6) is 0 Å². The smallest absolute Gasteiger partial charge is 0.220 e. The Morgan fingerprint density at radius 1 is 1.29 bits per heavy atom. The third kappa shape index (κ3) is 5.82. The van der Waals surface area contributed by atoms with Crippen molar-refractivity contribution in [2.45, 2.75) is 32.7 Å². The Kier molecular flexibility index (Phi) is 7.56. The maximum absolute atomic E-state index is 11.5. The maximum atomic E-state index is 11.5. The molecule has 6 heteroatoms. The van der Waals surface area contributed by atoms with Crippen LogP contribution in [-0.2, 0) is 11.3 Å². The number of nitrogens with one attached hydrogen (secondary N) is 2. The van der Waals surface area contributed by atoms with Crippen LogP contribution >= 0.6 is 15.9 Å². The van der Waals surface area contributed by atoms with Crippen LogP contribution in [0.25, 0.3) is 0 Å². The molecular weight excluding hydrogens is 368 g/mol. The Balaban J connectivity index is 1.92. The predicted octanol–water partition coefficient (Wildman–Crippen LogP) is 2.76. The van der Waals surface area contributed by atoms with Crippen molar-refractivity contribution in [1.82, 2.24) is 15.5 Å². The first-order valence-corrected chi connectivity index (χ1v) is 9.40. The lowest BCUT2D eigenvalue weighted by molar-refractivity contribution is -0.121. The molecule has 132 valence electrons. The summed E-state index contributed by atoms with van der Waals surface area (Å²) in [5.41, 5.74) is 1.20. The molecule has 0 unspecified atom stereocenters. The molecule has 1 aliphatic heterocycles. The summed E-state index contributed by atoms with van der Waals surface area (Å²) in [7, 11) is 1.70. The van der Waals surface area contributed by atoms with E-state index in [-0.39, 0.29) is 5.91 Å². The quantitative estimate of drug-likeness (QED) is 0.596. The summed E-state index contributed by atoms with van der Waals surface area (Å²) in [4.78, 5) is 18.6. The van der Waals surface area contributed by atoms with Crippen LogP contribution in [0.2, 0.25) is 0 Å². The number of hydrogen-bond acceptors (Lipinski definition) is 2. The van der Waals surface area contributed by atoms with Crippen molar-refractivity contribution in [2.24, 2.45) is 10.9 Å². The van der Waals surface area contributed by atoms with Crippen molar-refractivity contribution < 1.29 is 4.79 Å². The van der Waals surface area contributed by atoms with Gasteiger partial charge in [-0.2, -0.15) is 0 Å². The fraction of sp³-hybridized carbons (Fsp3) is 0.556. The van der Waals surface area contributed by atoms with E-state index in [4.69, 9.17) is 4.99 Å². The summed E-state index contributed by atoms with van der Waals surface area (Å²) in [5, 5.41) is 6.11. The Labute approximate surface area is 153 Å². The van der Waals surface area contributed by atoms with Gasteiger partial charge in [-0.15, -0.1) is 0 Å². The van der Waals surface area contributed by atoms with Crippen LogP contribution in [0.4, 0.5) is 0 Å². The van der Waals surface area contributed by atoms with Gasteiger partial charge in [0.2, 0.25) is 5.91 Å². The zero-order valence-electron chi connectivity index (χ0n) is 14.5. The maximum Gasteiger partial charge on any atom is 0.220 e. The van der Waals surface area contributed by atoms with Crippen LogP contribution in [-0.4, -0.2) is 43.4 Å². The molecule has 0 bridgehead atoms. The first-order chi connectivity index (χ1) is 11.6. The summed E-state index contributed by atoms with van der Waals surface area (Å²) >= 11 is 3.46. The number of likely N-dealkylation sites (tertiary alicyclic amines) is 1. The van der Waals surface area contributed by atoms with Crippen LogP contribution in [0.3, 0.4) is 0 Å². The number of halogens is 1. The van der Waals surface area contributed by atoms with Gasteiger partial charge in [0.05, 0.1) is 6.54 Å². The molecule has 0 spiro atoms. The Hall–Kier alpha value is -1.56. The van der Waals surface area contributed by atoms with Crippen molar-refractivity contribution in [2.75, 3.05) is 26.7 Å². The number of benzene rings is 1. The first-order valence-electron chi connectivity index (χ1n) is 8.60. The Morgan fingerprint density at radius 3 is 2.54 bits per heavy atom. The summed E-state index contributed by atoms with van der Waals surface area (Å²) < 4.78 is 1.08. The fourth-order valence-corrected chi connectivity index (χ4v) is 3.16. The molecule has 0 aromatic heterocycles. The van der Waals surface area contributed by atoms with E-state index in [1.165, 1.54) is 5.56 Å². The highest BCUT2D eigenvalue weighted by molar-refractivity contribution is 9.10. The molecule has 5 nitrogen and oxygen atoms in total. The molecule has 0 aliphatic carbocycles. The largest absolute Gasteiger partial charge is 0.359 e. The number of carbonyl (C=O) groups is 1. The highest BCUT2D eigenvalue weighted by Crippen LogP contribution is 2.20. The van der Waals surface area contributed by atoms with E-state index in [1.54, 1.807) is 7.05 Å². The van der Waals surface area contributed by atoms with E-state index < -0.39 is 0 Å². The third-order valence-corrected chi connectivity index (χ3v) is 4.86. The molecular formula is C18H27BrN4O. The molecule has 1 aromatic carbocycles. The highest BCUT2D eigenvalue weighted by atomic mass is 79.9. The first kappa shape index (κ1) is 18.8. The molecule has 24 heavy (non-hydrogen) atoms. The highest BCUT2D eigenvalue weighted by Gasteiger charge is 2.22. The fourth-order valence-electron chi connectivity index (χ4n) is 2.89. The van der Waals surface area contributed by atoms with E-state index in [0.717, 1.165) is 42.9 Å². The normalized spacial score (nSPS) is 16.1. The zero-order valence-corrected chi connectivity index (χ0v) is 16.1. The zero-order chi connectivity index (χ0) is 17.4. The lowest BCUT2D eigenvalue weighted by Crippen LogP contribution is -2.46. The van der Waals surface area contributed by atoms with Crippen LogP contribution in [0.15, 0.2) is 33.7 Å². The van der Waals surface area contributed by atoms with Gasteiger partial charge in [-0.25, -0.2) is 4.99 Å². The van der Waals surface area contributed by atoms with E-state index in [0.29, 0.717) is 18.9 Å². The van der Waals surface area contributed by atoms with Gasteiger partial charge in [0.25, 0.3) is 0 Å². The van der Waals surface area contributed by atoms with Gasteiger partial charge in [-0.1, -0.05) is 28.1 Å². The second-order valence-corrected chi connectivity index (χ2v) is 7.02. The number of piperidine rings is 1. The molecule has 1 aliphatic rings. The molecule has 1 fully saturated rings. The summed E-state index contributed by atoms with van der Waals surface area (Å²) in [5.74, 6) is 1.60. The minimum Gasteiger partial charge on any atom is -0.359 e. The minimum atomic E-state index is 0.143. The Morgan fingerprint density at radius 2 is 1.96 bits per heavy atom. The van der Waals surface area contributed by atoms with E-state index in [1.807, 2.05) is 12.1 Å². The summed E-state index contributed by atoms with van der Waals surface area (Å²) in [6, 6.07) is 8.27. The van der Waals surface area contributed by atoms with Gasteiger partial charge in [-0.3, -0.25) is 4.79 Å². The van der Waals surface area contributed by atoms with Crippen molar-refractivity contribution >= 4 is 27.8 Å². The van der Waals surface area contributed by atoms with Crippen molar-refractivity contribution in [3.63, 3.8) is 0 Å². The summed E-state index contributed by atoms with van der Waals surface area (Å²) in [6.07, 6.45) is 2.71. The number of amides is 1. The van der Waals surface area contributed by atoms with Crippen molar-refractivity contribution in [3.05, 3.63) is 34.3 Å². The van der Waals surface area contributed by atoms with E-state index in [2.05, 4.69) is 50.5 Å². The predicted molar refractivity (Wildman–Crippen MR) is 102 cm³/mol. The third-order valence-electron chi connectivity index (χ3n) is 4.33. The second-order valence-electron chi connectivity index (χ2n) is 6.10. The molecule has 0 atom stereocenters.